The van der Waals surface area contributed by atoms with Gasteiger partial charge in [0.1, 0.15) is 24.2 Å². The zero-order chi connectivity index (χ0) is 93.0. The van der Waals surface area contributed by atoms with Gasteiger partial charge in [0.2, 0.25) is 23.8 Å². The second kappa shape index (κ2) is 46.0. The smallest absolute Gasteiger partial charge is 0.550 e. The van der Waals surface area contributed by atoms with E-state index >= 15 is 0 Å². The van der Waals surface area contributed by atoms with Crippen LogP contribution in [0.15, 0.2) is 136 Å². The maximum Gasteiger partial charge on any atom is 4.00 e. The SMILES string of the molecule is Nc1nc2c(c(=O)[nH]1)N=C(CNc1ccc(C(=O)N[C@@H](CCC(=O)[O-])C(=O)O)cc1)CN2.Nc1nc2c(c(=O)[nH]1)N=C(CNc1ccc(C(=O)N[C@@H](CCC(=O)[O-])C(=O)O)cc1)CN2.Nc1nc2c(c(=O)[nH]1)N=C(CNc1ccc(C(=O)N[C@@H](CCC(=O)[O-])C(=O)O)cc1)CN2.Nc1nc2c(c(=O)[nH]1)N=C(CNc1ccc(C(=O)N[C@@H](CCC(=O)[O-])C(=O)O)cc1)CN2.[Sn+4]. The van der Waals surface area contributed by atoms with Gasteiger partial charge in [0.15, 0.2) is 46.0 Å². The number of aromatic amines is 4. The van der Waals surface area contributed by atoms with Gasteiger partial charge in [-0.15, -0.1) is 0 Å². The number of rotatable bonds is 36. The van der Waals surface area contributed by atoms with Crippen molar-refractivity contribution in [1.29, 1.82) is 0 Å². The number of carboxylic acid groups (broad SMARTS) is 8. The van der Waals surface area contributed by atoms with Gasteiger partial charge in [0.25, 0.3) is 45.9 Å². The van der Waals surface area contributed by atoms with Crippen molar-refractivity contribution in [3.05, 3.63) is 161 Å². The number of nitrogen functional groups attached to an aromatic ring is 4. The monoisotopic (exact) mass is 1890 g/mol. The van der Waals surface area contributed by atoms with Crippen molar-refractivity contribution in [2.24, 2.45) is 20.0 Å². The second-order valence-corrected chi connectivity index (χ2v) is 27.5. The molecule has 0 spiro atoms. The normalized spacial score (nSPS) is 13.1. The molecule has 0 fully saturated rings. The summed E-state index contributed by atoms with van der Waals surface area (Å²) in [5.41, 5.74) is 26.8. The maximum absolute atomic E-state index is 12.3. The number of amides is 4. The average molecular weight is 1890 g/mol. The molecule has 0 bridgehead atoms. The molecule has 8 heterocycles. The average Bonchev–Trinajstić information content (AvgIpc) is 0.819. The van der Waals surface area contributed by atoms with E-state index in [0.717, 1.165) is 0 Å². The molecule has 4 aliphatic rings. The Morgan fingerprint density at radius 2 is 0.496 bits per heavy atom. The fraction of sp³-hybridized carbons (Fsp3) is 0.263. The van der Waals surface area contributed by atoms with E-state index in [1.807, 2.05) is 0 Å². The Bertz CT molecular complexity index is 5230. The Morgan fingerprint density at radius 1 is 0.318 bits per heavy atom. The van der Waals surface area contributed by atoms with Crippen molar-refractivity contribution in [1.82, 2.24) is 61.1 Å². The summed E-state index contributed by atoms with van der Waals surface area (Å²) in [6.07, 6.45) is -3.09. The fourth-order valence-electron chi connectivity index (χ4n) is 11.6. The van der Waals surface area contributed by atoms with E-state index in [2.05, 4.69) is 124 Å². The number of hydrogen-bond donors (Lipinski definition) is 24. The number of aromatic nitrogens is 8. The number of fused-ring (bicyclic) bond motifs is 4. The molecule has 53 heteroatoms. The summed E-state index contributed by atoms with van der Waals surface area (Å²) in [7, 11) is 0. The largest absolute Gasteiger partial charge is 4.00 e. The van der Waals surface area contributed by atoms with Gasteiger partial charge in [-0.25, -0.2) is 39.1 Å². The summed E-state index contributed by atoms with van der Waals surface area (Å²) >= 11 is 0. The number of carbonyl (C=O) groups is 12. The van der Waals surface area contributed by atoms with Crippen LogP contribution in [-0.4, -0.2) is 255 Å². The van der Waals surface area contributed by atoms with Crippen molar-refractivity contribution in [2.45, 2.75) is 75.5 Å². The summed E-state index contributed by atoms with van der Waals surface area (Å²) in [5.74, 6) is -12.3. The molecular formula is C76H80N28O24Sn. The molecule has 129 heavy (non-hydrogen) atoms. The summed E-state index contributed by atoms with van der Waals surface area (Å²) in [6, 6.07) is 19.5. The third kappa shape index (κ3) is 29.7. The van der Waals surface area contributed by atoms with Crippen LogP contribution in [0.4, 0.5) is 92.6 Å². The minimum Gasteiger partial charge on any atom is -0.550 e. The topological polar surface area (TPSA) is 859 Å². The van der Waals surface area contributed by atoms with Crippen LogP contribution in [-0.2, 0) is 38.4 Å². The number of benzene rings is 4. The predicted octanol–water partition coefficient (Wildman–Crippen LogP) is -5.68. The molecule has 52 nitrogen and oxygen atoms in total. The Balaban J connectivity index is 0.000000212. The molecule has 4 atom stereocenters. The second-order valence-electron chi connectivity index (χ2n) is 27.5. The molecular weight excluding hydrogens is 1810 g/mol. The van der Waals surface area contributed by atoms with Crippen LogP contribution in [0.25, 0.3) is 0 Å². The summed E-state index contributed by atoms with van der Waals surface area (Å²) in [4.78, 5) is 226. The molecule has 28 N–H and O–H groups in total. The van der Waals surface area contributed by atoms with Crippen LogP contribution in [0, 0.1) is 0 Å². The van der Waals surface area contributed by atoms with Gasteiger partial charge in [0.05, 0.1) is 75.2 Å². The number of carbonyl (C=O) groups excluding carboxylic acids is 8. The first-order valence-electron chi connectivity index (χ1n) is 38.0. The molecule has 8 aromatic rings. The number of anilines is 12. The first-order chi connectivity index (χ1) is 60.9. The Kier molecular flexibility index (Phi) is 34.8. The van der Waals surface area contributed by atoms with Crippen molar-refractivity contribution in [3.63, 3.8) is 0 Å². The van der Waals surface area contributed by atoms with E-state index in [-0.39, 0.29) is 118 Å². The maximum atomic E-state index is 12.3. The predicted molar refractivity (Wildman–Crippen MR) is 457 cm³/mol. The van der Waals surface area contributed by atoms with E-state index in [4.69, 9.17) is 43.4 Å². The molecule has 4 aromatic carbocycles. The number of H-pyrrole nitrogens is 4. The van der Waals surface area contributed by atoms with Crippen molar-refractivity contribution < 1.29 is 98.4 Å². The Labute approximate surface area is 740 Å². The van der Waals surface area contributed by atoms with Crippen molar-refractivity contribution in [2.75, 3.05) is 118 Å². The van der Waals surface area contributed by atoms with Crippen LogP contribution in [0.3, 0.4) is 0 Å². The number of aliphatic carboxylic acids is 8. The zero-order valence-electron chi connectivity index (χ0n) is 67.2. The van der Waals surface area contributed by atoms with Crippen LogP contribution >= 0.6 is 0 Å². The molecule has 672 valence electrons. The summed E-state index contributed by atoms with van der Waals surface area (Å²) in [6.45, 7) is 2.69. The summed E-state index contributed by atoms with van der Waals surface area (Å²) in [5, 5.41) is 112. The van der Waals surface area contributed by atoms with Crippen LogP contribution in [0.2, 0.25) is 0 Å². The van der Waals surface area contributed by atoms with Gasteiger partial charge in [0, 0.05) is 68.9 Å². The minimum atomic E-state index is -1.40. The molecule has 0 saturated heterocycles. The first kappa shape index (κ1) is 97.6. The number of nitrogens with zero attached hydrogens (tertiary/aromatic N) is 8. The number of carboxylic acids is 8. The first-order valence-corrected chi connectivity index (χ1v) is 38.0. The van der Waals surface area contributed by atoms with Crippen LogP contribution in [0.5, 0.6) is 0 Å². The molecule has 4 aliphatic heterocycles. The quantitative estimate of drug-likeness (QED) is 0.0163. The van der Waals surface area contributed by atoms with Crippen LogP contribution in [0.1, 0.15) is 92.8 Å². The molecule has 0 saturated carbocycles. The molecule has 4 amide bonds. The third-order valence-electron chi connectivity index (χ3n) is 18.1. The Hall–Kier alpha value is -16.9. The van der Waals surface area contributed by atoms with Gasteiger partial charge < -0.3 is 147 Å². The van der Waals surface area contributed by atoms with E-state index < -0.39 is 143 Å². The van der Waals surface area contributed by atoms with E-state index in [1.165, 1.54) is 48.5 Å². The zero-order valence-corrected chi connectivity index (χ0v) is 70.1. The van der Waals surface area contributed by atoms with Gasteiger partial charge in [-0.2, -0.15) is 19.9 Å². The standard InChI is InChI=1S/4C19H21N7O6.Sn/c4*20-19-25-15-14(17(30)26-19)23-11(8-22-15)7-21-10-3-1-9(2-4-10)16(29)24-12(18(31)32)5-6-13(27)28;/h4*1-4,12,21H,5-8H2,(H,24,29)(H,27,28)(H,31,32)(H4,20,22,25,26,30);/q;;;;+4/p-4/t4*12-;/m0000./s1. The molecule has 4 aromatic heterocycles. The number of nitrogens with one attached hydrogen (secondary N) is 16. The summed E-state index contributed by atoms with van der Waals surface area (Å²) < 4.78 is 0. The van der Waals surface area contributed by atoms with Gasteiger partial charge in [-0.3, -0.25) is 58.3 Å². The fourth-order valence-corrected chi connectivity index (χ4v) is 11.6. The number of hydrogen-bond acceptors (Lipinski definition) is 40. The van der Waals surface area contributed by atoms with Crippen LogP contribution < -0.4 is 129 Å². The molecule has 0 unspecified atom stereocenters. The number of nitrogens with two attached hydrogens (primary N) is 4. The van der Waals surface area contributed by atoms with Gasteiger partial charge in [-0.05, 0) is 148 Å². The van der Waals surface area contributed by atoms with E-state index in [0.29, 0.717) is 121 Å². The Morgan fingerprint density at radius 3 is 0.659 bits per heavy atom. The number of aliphatic imine (C=N–C) groups is 4. The van der Waals surface area contributed by atoms with Gasteiger partial charge in [-0.1, -0.05) is 0 Å². The van der Waals surface area contributed by atoms with Crippen molar-refractivity contribution >= 4 is 211 Å². The molecule has 0 aliphatic carbocycles. The minimum absolute atomic E-state index is 0. The molecule has 0 radical (unpaired) electrons. The molecule has 12 rings (SSSR count). The van der Waals surface area contributed by atoms with Gasteiger partial charge >= 0.3 is 47.8 Å². The van der Waals surface area contributed by atoms with E-state index in [1.54, 1.807) is 48.5 Å². The third-order valence-corrected chi connectivity index (χ3v) is 18.1. The van der Waals surface area contributed by atoms with E-state index in [9.17, 15) is 97.1 Å². The van der Waals surface area contributed by atoms with Crippen molar-refractivity contribution in [3.8, 4) is 0 Å².